The highest BCUT2D eigenvalue weighted by molar-refractivity contribution is 5.94. The number of nitrogens with one attached hydrogen (secondary N) is 2. The van der Waals surface area contributed by atoms with Crippen LogP contribution in [0.15, 0.2) is 29.5 Å². The van der Waals surface area contributed by atoms with Gasteiger partial charge in [-0.05, 0) is 37.8 Å². The lowest BCUT2D eigenvalue weighted by Crippen LogP contribution is -2.48. The van der Waals surface area contributed by atoms with Gasteiger partial charge in [-0.15, -0.1) is 0 Å². The summed E-state index contributed by atoms with van der Waals surface area (Å²) >= 11 is 0. The van der Waals surface area contributed by atoms with Gasteiger partial charge in [-0.1, -0.05) is 0 Å². The first-order valence-corrected chi connectivity index (χ1v) is 8.81. The molecule has 3 aliphatic heterocycles. The molecule has 0 saturated carbocycles. The molecule has 2 atom stereocenters. The van der Waals surface area contributed by atoms with Crippen LogP contribution in [0, 0.1) is 12.8 Å². The summed E-state index contributed by atoms with van der Waals surface area (Å²) < 4.78 is 0. The topological polar surface area (TPSA) is 85.1 Å². The van der Waals surface area contributed by atoms with Crippen molar-refractivity contribution in [2.45, 2.75) is 32.4 Å². The van der Waals surface area contributed by atoms with Crippen molar-refractivity contribution in [1.82, 2.24) is 24.8 Å². The highest BCUT2D eigenvalue weighted by Gasteiger charge is 2.38. The van der Waals surface area contributed by atoms with Crippen LogP contribution in [0.5, 0.6) is 0 Å². The zero-order chi connectivity index (χ0) is 17.4. The molecule has 132 valence electrons. The number of carbonyl (C=O) groups is 1. The molecule has 3 aliphatic rings. The number of imidazole rings is 1. The predicted molar refractivity (Wildman–Crippen MR) is 93.2 cm³/mol. The van der Waals surface area contributed by atoms with Crippen molar-refractivity contribution < 1.29 is 4.79 Å². The molecular formula is C18H23N5O2. The van der Waals surface area contributed by atoms with Crippen LogP contribution < -0.4 is 5.56 Å². The molecule has 5 heterocycles. The minimum Gasteiger partial charge on any atom is -0.348 e. The molecule has 5 rings (SSSR count). The standard InChI is InChI=1S/C18H23N5O2/c1-12-16(21-11-20-12)10-22-7-13-4-5-14(9-22)23(8-13)18(25)15-3-2-6-19-17(15)24/h2-3,6,11,13-14H,4-5,7-10H2,1H3,(H,19,24)(H,20,21)/t13-,14+/m0/s1. The number of hydrogen-bond donors (Lipinski definition) is 2. The van der Waals surface area contributed by atoms with Gasteiger partial charge in [-0.2, -0.15) is 0 Å². The zero-order valence-electron chi connectivity index (χ0n) is 14.4. The number of pyridine rings is 1. The summed E-state index contributed by atoms with van der Waals surface area (Å²) in [5.41, 5.74) is 2.10. The average Bonchev–Trinajstić information content (AvgIpc) is 2.82. The Bertz CT molecular complexity index is 827. The molecule has 3 saturated heterocycles. The van der Waals surface area contributed by atoms with Gasteiger partial charge in [0, 0.05) is 44.1 Å². The van der Waals surface area contributed by atoms with Gasteiger partial charge in [0.05, 0.1) is 12.0 Å². The summed E-state index contributed by atoms with van der Waals surface area (Å²) in [6, 6.07) is 3.48. The number of hydrogen-bond acceptors (Lipinski definition) is 4. The number of aromatic amines is 2. The van der Waals surface area contributed by atoms with Gasteiger partial charge in [-0.3, -0.25) is 14.5 Å². The van der Waals surface area contributed by atoms with E-state index in [1.807, 2.05) is 11.8 Å². The maximum absolute atomic E-state index is 12.9. The fourth-order valence-electron chi connectivity index (χ4n) is 4.06. The SMILES string of the molecule is Cc1[nH]cnc1CN1C[C@@H]2CC[C@H](C1)N(C(=O)c1ccc[nH]c1=O)C2. The van der Waals surface area contributed by atoms with E-state index in [-0.39, 0.29) is 23.1 Å². The van der Waals surface area contributed by atoms with Crippen molar-refractivity contribution in [1.29, 1.82) is 0 Å². The Morgan fingerprint density at radius 1 is 1.28 bits per heavy atom. The van der Waals surface area contributed by atoms with Gasteiger partial charge < -0.3 is 14.9 Å². The minimum atomic E-state index is -0.309. The number of rotatable bonds is 3. The largest absolute Gasteiger partial charge is 0.348 e. The van der Waals surface area contributed by atoms with E-state index in [1.54, 1.807) is 24.7 Å². The number of aromatic nitrogens is 3. The number of nitrogens with zero attached hydrogens (tertiary/aromatic N) is 3. The summed E-state index contributed by atoms with van der Waals surface area (Å²) in [4.78, 5) is 39.3. The molecule has 7 heteroatoms. The van der Waals surface area contributed by atoms with E-state index < -0.39 is 0 Å². The number of carbonyl (C=O) groups excluding carboxylic acids is 1. The van der Waals surface area contributed by atoms with Gasteiger partial charge in [0.15, 0.2) is 0 Å². The molecule has 0 aliphatic carbocycles. The first-order chi connectivity index (χ1) is 12.1. The van der Waals surface area contributed by atoms with E-state index in [1.165, 1.54) is 0 Å². The molecule has 25 heavy (non-hydrogen) atoms. The molecule has 2 aromatic rings. The van der Waals surface area contributed by atoms with Crippen LogP contribution in [-0.2, 0) is 6.54 Å². The van der Waals surface area contributed by atoms with Crippen molar-refractivity contribution in [2.24, 2.45) is 5.92 Å². The highest BCUT2D eigenvalue weighted by Crippen LogP contribution is 2.29. The second-order valence-corrected chi connectivity index (χ2v) is 7.14. The second-order valence-electron chi connectivity index (χ2n) is 7.14. The molecular weight excluding hydrogens is 318 g/mol. The number of fused-ring (bicyclic) bond motifs is 4. The summed E-state index contributed by atoms with van der Waals surface area (Å²) in [6.07, 6.45) is 5.42. The number of piperidine rings is 1. The maximum atomic E-state index is 12.9. The lowest BCUT2D eigenvalue weighted by molar-refractivity contribution is 0.0583. The van der Waals surface area contributed by atoms with Gasteiger partial charge >= 0.3 is 0 Å². The van der Waals surface area contributed by atoms with Gasteiger partial charge in [0.1, 0.15) is 5.56 Å². The quantitative estimate of drug-likeness (QED) is 0.877. The van der Waals surface area contributed by atoms with E-state index >= 15 is 0 Å². The van der Waals surface area contributed by atoms with Crippen LogP contribution in [0.1, 0.15) is 34.6 Å². The molecule has 2 N–H and O–H groups in total. The van der Waals surface area contributed by atoms with Crippen LogP contribution in [0.4, 0.5) is 0 Å². The third-order valence-corrected chi connectivity index (χ3v) is 5.41. The van der Waals surface area contributed by atoms with Gasteiger partial charge in [0.2, 0.25) is 0 Å². The predicted octanol–water partition coefficient (Wildman–Crippen LogP) is 1.14. The molecule has 7 nitrogen and oxygen atoms in total. The van der Waals surface area contributed by atoms with Crippen LogP contribution in [0.3, 0.4) is 0 Å². The first-order valence-electron chi connectivity index (χ1n) is 8.81. The zero-order valence-corrected chi connectivity index (χ0v) is 14.4. The fourth-order valence-corrected chi connectivity index (χ4v) is 4.06. The Labute approximate surface area is 146 Å². The molecule has 2 aromatic heterocycles. The summed E-state index contributed by atoms with van der Waals surface area (Å²) in [7, 11) is 0. The molecule has 0 aromatic carbocycles. The second kappa shape index (κ2) is 6.48. The molecule has 2 bridgehead atoms. The number of amides is 1. The van der Waals surface area contributed by atoms with Crippen molar-refractivity contribution in [3.63, 3.8) is 0 Å². The molecule has 0 spiro atoms. The maximum Gasteiger partial charge on any atom is 0.260 e. The molecule has 3 fully saturated rings. The highest BCUT2D eigenvalue weighted by atomic mass is 16.2. The van der Waals surface area contributed by atoms with E-state index in [9.17, 15) is 9.59 Å². The Kier molecular flexibility index (Phi) is 4.17. The molecule has 0 unspecified atom stereocenters. The van der Waals surface area contributed by atoms with Gasteiger partial charge in [0.25, 0.3) is 11.5 Å². The Morgan fingerprint density at radius 3 is 2.92 bits per heavy atom. The number of aryl methyl sites for hydroxylation is 1. The fraction of sp³-hybridized carbons (Fsp3) is 0.500. The molecule has 0 radical (unpaired) electrons. The molecule has 1 amide bonds. The van der Waals surface area contributed by atoms with Crippen LogP contribution in [0.25, 0.3) is 0 Å². The summed E-state index contributed by atoms with van der Waals surface area (Å²) in [5, 5.41) is 0. The summed E-state index contributed by atoms with van der Waals surface area (Å²) in [6.45, 7) is 5.37. The van der Waals surface area contributed by atoms with Crippen molar-refractivity contribution >= 4 is 5.91 Å². The van der Waals surface area contributed by atoms with E-state index in [0.717, 1.165) is 50.4 Å². The van der Waals surface area contributed by atoms with Crippen LogP contribution in [-0.4, -0.2) is 56.3 Å². The van der Waals surface area contributed by atoms with Crippen LogP contribution in [0.2, 0.25) is 0 Å². The van der Waals surface area contributed by atoms with E-state index in [0.29, 0.717) is 5.92 Å². The Morgan fingerprint density at radius 2 is 2.16 bits per heavy atom. The summed E-state index contributed by atoms with van der Waals surface area (Å²) in [5.74, 6) is 0.305. The van der Waals surface area contributed by atoms with Crippen molar-refractivity contribution in [3.8, 4) is 0 Å². The lowest BCUT2D eigenvalue weighted by Gasteiger charge is -2.36. The van der Waals surface area contributed by atoms with Gasteiger partial charge in [-0.25, -0.2) is 4.98 Å². The normalized spacial score (nSPS) is 23.6. The lowest BCUT2D eigenvalue weighted by atomic mass is 9.94. The van der Waals surface area contributed by atoms with Crippen molar-refractivity contribution in [3.05, 3.63) is 52.0 Å². The third kappa shape index (κ3) is 3.11. The third-order valence-electron chi connectivity index (χ3n) is 5.41. The van der Waals surface area contributed by atoms with Crippen molar-refractivity contribution in [2.75, 3.05) is 19.6 Å². The first kappa shape index (κ1) is 16.1. The van der Waals surface area contributed by atoms with E-state index in [4.69, 9.17) is 0 Å². The van der Waals surface area contributed by atoms with E-state index in [2.05, 4.69) is 19.9 Å². The average molecular weight is 341 g/mol. The Hall–Kier alpha value is -2.41. The minimum absolute atomic E-state index is 0.144. The number of H-pyrrole nitrogens is 2. The smallest absolute Gasteiger partial charge is 0.260 e. The monoisotopic (exact) mass is 341 g/mol. The van der Waals surface area contributed by atoms with Crippen LogP contribution >= 0.6 is 0 Å². The Balaban J connectivity index is 1.53.